The van der Waals surface area contributed by atoms with Crippen molar-refractivity contribution < 1.29 is 9.47 Å². The van der Waals surface area contributed by atoms with Crippen LogP contribution in [-0.2, 0) is 6.42 Å². The Kier molecular flexibility index (Phi) is 6.37. The lowest BCUT2D eigenvalue weighted by Crippen LogP contribution is -2.38. The largest absolute Gasteiger partial charge is 0.454 e. The molecule has 0 bridgehead atoms. The molecule has 0 saturated carbocycles. The Morgan fingerprint density at radius 2 is 1.95 bits per heavy atom. The molecule has 2 N–H and O–H groups in total. The van der Waals surface area contributed by atoms with Crippen LogP contribution in [0.3, 0.4) is 0 Å². The van der Waals surface area contributed by atoms with Crippen LogP contribution < -0.4 is 20.1 Å². The van der Waals surface area contributed by atoms with E-state index in [9.17, 15) is 0 Å². The molecule has 5 nitrogen and oxygen atoms in total. The zero-order valence-corrected chi connectivity index (χ0v) is 13.8. The minimum atomic E-state index is 0.323. The predicted molar refractivity (Wildman–Crippen MR) is 89.7 cm³/mol. The average Bonchev–Trinajstić information content (AvgIpc) is 2.97. The molecule has 0 radical (unpaired) electrons. The molecule has 0 amide bonds. The molecular weight excluding hydrogens is 278 g/mol. The molecular formula is C17H27N3O2. The van der Waals surface area contributed by atoms with Gasteiger partial charge in [0.15, 0.2) is 17.5 Å². The number of guanidine groups is 1. The number of aliphatic imine (C=N–C) groups is 1. The van der Waals surface area contributed by atoms with Gasteiger partial charge in [0.25, 0.3) is 0 Å². The maximum Gasteiger partial charge on any atom is 0.231 e. The van der Waals surface area contributed by atoms with Gasteiger partial charge in [-0.05, 0) is 42.9 Å². The van der Waals surface area contributed by atoms with Gasteiger partial charge in [0, 0.05) is 20.1 Å². The van der Waals surface area contributed by atoms with Gasteiger partial charge in [-0.1, -0.05) is 19.9 Å². The number of benzene rings is 1. The van der Waals surface area contributed by atoms with Gasteiger partial charge in [-0.15, -0.1) is 0 Å². The van der Waals surface area contributed by atoms with Crippen LogP contribution in [-0.4, -0.2) is 32.9 Å². The van der Waals surface area contributed by atoms with Crippen LogP contribution in [0.2, 0.25) is 0 Å². The number of hydrogen-bond acceptors (Lipinski definition) is 3. The van der Waals surface area contributed by atoms with Crippen molar-refractivity contribution in [2.75, 3.05) is 26.9 Å². The first-order valence-corrected chi connectivity index (χ1v) is 8.02. The number of rotatable bonds is 7. The molecule has 1 aromatic carbocycles. The van der Waals surface area contributed by atoms with Crippen molar-refractivity contribution in [3.63, 3.8) is 0 Å². The summed E-state index contributed by atoms with van der Waals surface area (Å²) >= 11 is 0. The standard InChI is InChI=1S/C17H27N3O2/c1-13(2)5-4-9-19-17(18-3)20-10-8-14-6-7-15-16(11-14)22-12-21-15/h6-7,11,13H,4-5,8-10,12H2,1-3H3,(H2,18,19,20). The van der Waals surface area contributed by atoms with Gasteiger partial charge >= 0.3 is 0 Å². The summed E-state index contributed by atoms with van der Waals surface area (Å²) in [6, 6.07) is 6.09. The lowest BCUT2D eigenvalue weighted by atomic mass is 10.1. The Labute approximate surface area is 133 Å². The van der Waals surface area contributed by atoms with E-state index in [1.807, 2.05) is 12.1 Å². The second-order valence-corrected chi connectivity index (χ2v) is 5.90. The van der Waals surface area contributed by atoms with E-state index in [1.165, 1.54) is 18.4 Å². The monoisotopic (exact) mass is 305 g/mol. The number of hydrogen-bond donors (Lipinski definition) is 2. The van der Waals surface area contributed by atoms with Crippen molar-refractivity contribution in [1.82, 2.24) is 10.6 Å². The molecule has 0 unspecified atom stereocenters. The van der Waals surface area contributed by atoms with Crippen molar-refractivity contribution in [3.8, 4) is 11.5 Å². The first-order chi connectivity index (χ1) is 10.7. The number of ether oxygens (including phenoxy) is 2. The lowest BCUT2D eigenvalue weighted by molar-refractivity contribution is 0.174. The molecule has 0 aromatic heterocycles. The molecule has 1 aliphatic rings. The predicted octanol–water partition coefficient (Wildman–Crippen LogP) is 2.56. The fourth-order valence-corrected chi connectivity index (χ4v) is 2.36. The van der Waals surface area contributed by atoms with Crippen molar-refractivity contribution in [2.45, 2.75) is 33.1 Å². The van der Waals surface area contributed by atoms with Gasteiger partial charge in [-0.2, -0.15) is 0 Å². The summed E-state index contributed by atoms with van der Waals surface area (Å²) < 4.78 is 10.7. The smallest absolute Gasteiger partial charge is 0.231 e. The van der Waals surface area contributed by atoms with E-state index in [-0.39, 0.29) is 0 Å². The normalized spacial score (nSPS) is 13.5. The molecule has 0 saturated heterocycles. The van der Waals surface area contributed by atoms with Crippen LogP contribution in [0.5, 0.6) is 11.5 Å². The lowest BCUT2D eigenvalue weighted by Gasteiger charge is -2.12. The third kappa shape index (κ3) is 5.13. The molecule has 122 valence electrons. The second-order valence-electron chi connectivity index (χ2n) is 5.90. The molecule has 0 aliphatic carbocycles. The molecule has 0 fully saturated rings. The van der Waals surface area contributed by atoms with Gasteiger partial charge in [-0.25, -0.2) is 0 Å². The van der Waals surface area contributed by atoms with Gasteiger partial charge in [0.2, 0.25) is 6.79 Å². The fourth-order valence-electron chi connectivity index (χ4n) is 2.36. The summed E-state index contributed by atoms with van der Waals surface area (Å²) in [5.41, 5.74) is 1.23. The number of fused-ring (bicyclic) bond motifs is 1. The van der Waals surface area contributed by atoms with Crippen LogP contribution in [0.25, 0.3) is 0 Å². The molecule has 5 heteroatoms. The number of nitrogens with one attached hydrogen (secondary N) is 2. The summed E-state index contributed by atoms with van der Waals surface area (Å²) in [5.74, 6) is 3.29. The summed E-state index contributed by atoms with van der Waals surface area (Å²) in [6.07, 6.45) is 3.32. The van der Waals surface area contributed by atoms with E-state index >= 15 is 0 Å². The average molecular weight is 305 g/mol. The summed E-state index contributed by atoms with van der Waals surface area (Å²) in [5, 5.41) is 6.69. The third-order valence-corrected chi connectivity index (χ3v) is 3.62. The van der Waals surface area contributed by atoms with Gasteiger partial charge in [-0.3, -0.25) is 4.99 Å². The summed E-state index contributed by atoms with van der Waals surface area (Å²) in [6.45, 7) is 6.62. The zero-order chi connectivity index (χ0) is 15.8. The minimum absolute atomic E-state index is 0.323. The van der Waals surface area contributed by atoms with Crippen molar-refractivity contribution in [2.24, 2.45) is 10.9 Å². The summed E-state index contributed by atoms with van der Waals surface area (Å²) in [4.78, 5) is 4.24. The maximum absolute atomic E-state index is 5.39. The van der Waals surface area contributed by atoms with Crippen LogP contribution in [0.4, 0.5) is 0 Å². The Morgan fingerprint density at radius 1 is 1.18 bits per heavy atom. The first kappa shape index (κ1) is 16.5. The highest BCUT2D eigenvalue weighted by Crippen LogP contribution is 2.32. The van der Waals surface area contributed by atoms with E-state index in [0.717, 1.165) is 42.9 Å². The highest BCUT2D eigenvalue weighted by atomic mass is 16.7. The van der Waals surface area contributed by atoms with E-state index in [4.69, 9.17) is 9.47 Å². The van der Waals surface area contributed by atoms with Crippen LogP contribution in [0.1, 0.15) is 32.3 Å². The second kappa shape index (κ2) is 8.51. The highest BCUT2D eigenvalue weighted by Gasteiger charge is 2.12. The van der Waals surface area contributed by atoms with Crippen molar-refractivity contribution in [1.29, 1.82) is 0 Å². The van der Waals surface area contributed by atoms with Crippen LogP contribution >= 0.6 is 0 Å². The van der Waals surface area contributed by atoms with Gasteiger partial charge in [0.05, 0.1) is 0 Å². The van der Waals surface area contributed by atoms with Gasteiger partial charge in [0.1, 0.15) is 0 Å². The number of nitrogens with zero attached hydrogens (tertiary/aromatic N) is 1. The quantitative estimate of drug-likeness (QED) is 0.462. The Hall–Kier alpha value is -1.91. The SMILES string of the molecule is CN=C(NCCCC(C)C)NCCc1ccc2c(c1)OCO2. The van der Waals surface area contributed by atoms with Gasteiger partial charge < -0.3 is 20.1 Å². The molecule has 1 aliphatic heterocycles. The van der Waals surface area contributed by atoms with E-state index in [2.05, 4.69) is 35.5 Å². The summed E-state index contributed by atoms with van der Waals surface area (Å²) in [7, 11) is 1.80. The van der Waals surface area contributed by atoms with E-state index < -0.39 is 0 Å². The van der Waals surface area contributed by atoms with E-state index in [0.29, 0.717) is 6.79 Å². The molecule has 1 heterocycles. The van der Waals surface area contributed by atoms with E-state index in [1.54, 1.807) is 7.05 Å². The molecule has 22 heavy (non-hydrogen) atoms. The highest BCUT2D eigenvalue weighted by molar-refractivity contribution is 5.79. The Morgan fingerprint density at radius 3 is 2.73 bits per heavy atom. The fraction of sp³-hybridized carbons (Fsp3) is 0.588. The Bertz CT molecular complexity index is 501. The van der Waals surface area contributed by atoms with Crippen LogP contribution in [0, 0.1) is 5.92 Å². The topological polar surface area (TPSA) is 54.9 Å². The van der Waals surface area contributed by atoms with Crippen molar-refractivity contribution >= 4 is 5.96 Å². The minimum Gasteiger partial charge on any atom is -0.454 e. The maximum atomic E-state index is 5.39. The molecule has 0 atom stereocenters. The molecule has 0 spiro atoms. The third-order valence-electron chi connectivity index (χ3n) is 3.62. The molecule has 2 rings (SSSR count). The molecule has 1 aromatic rings. The zero-order valence-electron chi connectivity index (χ0n) is 13.8. The Balaban J connectivity index is 1.68. The first-order valence-electron chi connectivity index (χ1n) is 8.02. The van der Waals surface area contributed by atoms with Crippen molar-refractivity contribution in [3.05, 3.63) is 23.8 Å². The van der Waals surface area contributed by atoms with Crippen LogP contribution in [0.15, 0.2) is 23.2 Å².